The lowest BCUT2D eigenvalue weighted by molar-refractivity contribution is -0.139. The van der Waals surface area contributed by atoms with Gasteiger partial charge < -0.3 is 14.2 Å². The molecule has 0 heterocycles. The van der Waals surface area contributed by atoms with Crippen molar-refractivity contribution in [3.05, 3.63) is 85.0 Å². The third-order valence-electron chi connectivity index (χ3n) is 3.24. The quantitative estimate of drug-likeness (QED) is 0.539. The third kappa shape index (κ3) is 5.35. The standard InChI is InChI=1S/C20H18O5/c1-3-19(21)23-13-15-9-5-7-11-17(15)25-18-12-8-6-10-16(18)14-24-20(22)4-2/h3-12H,1-2,13-14H2. The number of para-hydroxylation sites is 2. The summed E-state index contributed by atoms with van der Waals surface area (Å²) in [5.41, 5.74) is 1.41. The molecular formula is C20H18O5. The Labute approximate surface area is 146 Å². The molecule has 0 aliphatic rings. The molecule has 0 unspecified atom stereocenters. The molecule has 2 aromatic rings. The van der Waals surface area contributed by atoms with E-state index in [-0.39, 0.29) is 13.2 Å². The number of carbonyl (C=O) groups is 2. The number of carbonyl (C=O) groups excluding carboxylic acids is 2. The zero-order chi connectivity index (χ0) is 18.1. The molecule has 5 nitrogen and oxygen atoms in total. The molecule has 0 amide bonds. The molecule has 0 aliphatic heterocycles. The molecule has 0 bridgehead atoms. The van der Waals surface area contributed by atoms with E-state index in [9.17, 15) is 9.59 Å². The van der Waals surface area contributed by atoms with E-state index in [1.54, 1.807) is 24.3 Å². The average molecular weight is 338 g/mol. The summed E-state index contributed by atoms with van der Waals surface area (Å²) in [4.78, 5) is 22.5. The molecule has 5 heteroatoms. The topological polar surface area (TPSA) is 61.8 Å². The molecule has 2 aromatic carbocycles. The van der Waals surface area contributed by atoms with Crippen LogP contribution < -0.4 is 4.74 Å². The van der Waals surface area contributed by atoms with Gasteiger partial charge in [-0.15, -0.1) is 0 Å². The number of hydrogen-bond acceptors (Lipinski definition) is 5. The highest BCUT2D eigenvalue weighted by atomic mass is 16.5. The number of benzene rings is 2. The van der Waals surface area contributed by atoms with E-state index in [4.69, 9.17) is 14.2 Å². The summed E-state index contributed by atoms with van der Waals surface area (Å²) >= 11 is 0. The molecule has 128 valence electrons. The van der Waals surface area contributed by atoms with Crippen molar-refractivity contribution >= 4 is 11.9 Å². The first-order chi connectivity index (χ1) is 12.1. The summed E-state index contributed by atoms with van der Waals surface area (Å²) in [6.07, 6.45) is 2.21. The van der Waals surface area contributed by atoms with Gasteiger partial charge in [-0.3, -0.25) is 0 Å². The third-order valence-corrected chi connectivity index (χ3v) is 3.24. The Bertz CT molecular complexity index is 714. The number of ether oxygens (including phenoxy) is 3. The number of hydrogen-bond donors (Lipinski definition) is 0. The highest BCUT2D eigenvalue weighted by Crippen LogP contribution is 2.29. The van der Waals surface area contributed by atoms with Crippen LogP contribution in [0, 0.1) is 0 Å². The van der Waals surface area contributed by atoms with Gasteiger partial charge in [0.25, 0.3) is 0 Å². The fourth-order valence-electron chi connectivity index (χ4n) is 1.98. The van der Waals surface area contributed by atoms with Gasteiger partial charge in [0.05, 0.1) is 0 Å². The lowest BCUT2D eigenvalue weighted by Crippen LogP contribution is -2.03. The minimum atomic E-state index is -0.508. The maximum Gasteiger partial charge on any atom is 0.330 e. The predicted molar refractivity (Wildman–Crippen MR) is 92.9 cm³/mol. The first kappa shape index (κ1) is 18.0. The zero-order valence-electron chi connectivity index (χ0n) is 13.6. The molecule has 0 saturated heterocycles. The Morgan fingerprint density at radius 2 is 1.16 bits per heavy atom. The van der Waals surface area contributed by atoms with Gasteiger partial charge in [0.1, 0.15) is 24.7 Å². The van der Waals surface area contributed by atoms with E-state index < -0.39 is 11.9 Å². The van der Waals surface area contributed by atoms with Crippen molar-refractivity contribution in [3.8, 4) is 11.5 Å². The molecule has 0 aliphatic carbocycles. The van der Waals surface area contributed by atoms with Crippen LogP contribution in [0.15, 0.2) is 73.8 Å². The van der Waals surface area contributed by atoms with Gasteiger partial charge in [0.15, 0.2) is 0 Å². The lowest BCUT2D eigenvalue weighted by Gasteiger charge is -2.14. The highest BCUT2D eigenvalue weighted by Gasteiger charge is 2.10. The molecule has 0 aromatic heterocycles. The minimum Gasteiger partial charge on any atom is -0.458 e. The Balaban J connectivity index is 2.17. The maximum atomic E-state index is 11.2. The second-order valence-corrected chi connectivity index (χ2v) is 4.94. The lowest BCUT2D eigenvalue weighted by atomic mass is 10.2. The van der Waals surface area contributed by atoms with Crippen LogP contribution in [0.3, 0.4) is 0 Å². The molecule has 0 atom stereocenters. The van der Waals surface area contributed by atoms with Crippen LogP contribution in [-0.2, 0) is 32.3 Å². The first-order valence-corrected chi connectivity index (χ1v) is 7.56. The summed E-state index contributed by atoms with van der Waals surface area (Å²) in [6, 6.07) is 14.4. The SMILES string of the molecule is C=CC(=O)OCc1ccccc1Oc1ccccc1COC(=O)C=C. The first-order valence-electron chi connectivity index (χ1n) is 7.56. The van der Waals surface area contributed by atoms with Gasteiger partial charge >= 0.3 is 11.9 Å². The highest BCUT2D eigenvalue weighted by molar-refractivity contribution is 5.81. The molecule has 0 radical (unpaired) electrons. The van der Waals surface area contributed by atoms with Crippen LogP contribution in [0.5, 0.6) is 11.5 Å². The summed E-state index contributed by atoms with van der Waals surface area (Å²) in [5, 5.41) is 0. The van der Waals surface area contributed by atoms with Gasteiger partial charge in [-0.2, -0.15) is 0 Å². The van der Waals surface area contributed by atoms with E-state index >= 15 is 0 Å². The summed E-state index contributed by atoms with van der Waals surface area (Å²) in [5.74, 6) is 0.0711. The van der Waals surface area contributed by atoms with Gasteiger partial charge in [-0.1, -0.05) is 49.6 Å². The summed E-state index contributed by atoms with van der Waals surface area (Å²) < 4.78 is 16.1. The van der Waals surface area contributed by atoms with E-state index in [1.807, 2.05) is 24.3 Å². The van der Waals surface area contributed by atoms with E-state index in [2.05, 4.69) is 13.2 Å². The fourth-order valence-corrected chi connectivity index (χ4v) is 1.98. The Kier molecular flexibility index (Phi) is 6.54. The van der Waals surface area contributed by atoms with Crippen LogP contribution in [0.25, 0.3) is 0 Å². The van der Waals surface area contributed by atoms with Crippen LogP contribution >= 0.6 is 0 Å². The Morgan fingerprint density at radius 3 is 1.56 bits per heavy atom. The van der Waals surface area contributed by atoms with Gasteiger partial charge in [-0.25, -0.2) is 9.59 Å². The molecule has 0 saturated carbocycles. The van der Waals surface area contributed by atoms with Crippen molar-refractivity contribution in [2.24, 2.45) is 0 Å². The van der Waals surface area contributed by atoms with Crippen molar-refractivity contribution in [3.63, 3.8) is 0 Å². The molecule has 2 rings (SSSR count). The van der Waals surface area contributed by atoms with Crippen LogP contribution in [-0.4, -0.2) is 11.9 Å². The molecular weight excluding hydrogens is 320 g/mol. The molecule has 0 fully saturated rings. The van der Waals surface area contributed by atoms with Crippen molar-refractivity contribution in [2.45, 2.75) is 13.2 Å². The monoisotopic (exact) mass is 338 g/mol. The number of rotatable bonds is 8. The van der Waals surface area contributed by atoms with Gasteiger partial charge in [-0.05, 0) is 12.1 Å². The van der Waals surface area contributed by atoms with Crippen molar-refractivity contribution < 1.29 is 23.8 Å². The second-order valence-electron chi connectivity index (χ2n) is 4.94. The van der Waals surface area contributed by atoms with Gasteiger partial charge in [0, 0.05) is 23.3 Å². The molecule has 25 heavy (non-hydrogen) atoms. The van der Waals surface area contributed by atoms with Crippen molar-refractivity contribution in [2.75, 3.05) is 0 Å². The summed E-state index contributed by atoms with van der Waals surface area (Å²) in [6.45, 7) is 6.85. The largest absolute Gasteiger partial charge is 0.458 e. The van der Waals surface area contributed by atoms with Gasteiger partial charge in [0.2, 0.25) is 0 Å². The average Bonchev–Trinajstić information content (AvgIpc) is 2.66. The second kappa shape index (κ2) is 9.08. The van der Waals surface area contributed by atoms with E-state index in [0.717, 1.165) is 12.2 Å². The van der Waals surface area contributed by atoms with Crippen LogP contribution in [0.4, 0.5) is 0 Å². The predicted octanol–water partition coefficient (Wildman–Crippen LogP) is 3.94. The van der Waals surface area contributed by atoms with E-state index in [1.165, 1.54) is 0 Å². The Morgan fingerprint density at radius 1 is 0.760 bits per heavy atom. The fraction of sp³-hybridized carbons (Fsp3) is 0.100. The number of esters is 2. The van der Waals surface area contributed by atoms with Crippen molar-refractivity contribution in [1.29, 1.82) is 0 Å². The Hall–Kier alpha value is -3.34. The maximum absolute atomic E-state index is 11.2. The van der Waals surface area contributed by atoms with Crippen molar-refractivity contribution in [1.82, 2.24) is 0 Å². The normalized spacial score (nSPS) is 9.76. The minimum absolute atomic E-state index is 0.0641. The summed E-state index contributed by atoms with van der Waals surface area (Å²) in [7, 11) is 0. The zero-order valence-corrected chi connectivity index (χ0v) is 13.6. The van der Waals surface area contributed by atoms with E-state index in [0.29, 0.717) is 22.6 Å². The molecule has 0 spiro atoms. The smallest absolute Gasteiger partial charge is 0.330 e. The van der Waals surface area contributed by atoms with Crippen LogP contribution in [0.1, 0.15) is 11.1 Å². The van der Waals surface area contributed by atoms with Crippen LogP contribution in [0.2, 0.25) is 0 Å². The molecule has 0 N–H and O–H groups in total.